The normalized spacial score (nSPS) is 29.9. The van der Waals surface area contributed by atoms with Crippen LogP contribution in [0, 0.1) is 5.92 Å². The van der Waals surface area contributed by atoms with Crippen LogP contribution in [0.2, 0.25) is 0 Å². The van der Waals surface area contributed by atoms with E-state index in [9.17, 15) is 4.21 Å². The van der Waals surface area contributed by atoms with Gasteiger partial charge in [-0.1, -0.05) is 26.2 Å². The Morgan fingerprint density at radius 2 is 2.19 bits per heavy atom. The van der Waals surface area contributed by atoms with E-state index >= 15 is 0 Å². The lowest BCUT2D eigenvalue weighted by Crippen LogP contribution is -2.40. The van der Waals surface area contributed by atoms with E-state index < -0.39 is 10.8 Å². The van der Waals surface area contributed by atoms with Crippen molar-refractivity contribution >= 4 is 10.8 Å². The molecule has 1 saturated carbocycles. The van der Waals surface area contributed by atoms with Gasteiger partial charge in [-0.25, -0.2) is 0 Å². The summed E-state index contributed by atoms with van der Waals surface area (Å²) >= 11 is 0. The number of nitrogens with one attached hydrogen (secondary N) is 1. The van der Waals surface area contributed by atoms with Crippen LogP contribution in [-0.2, 0) is 10.8 Å². The maximum atomic E-state index is 11.0. The number of hydrogen-bond acceptors (Lipinski definition) is 2. The Bertz CT molecular complexity index is 220. The smallest absolute Gasteiger partial charge is 0.0246 e. The molecule has 0 saturated heterocycles. The lowest BCUT2D eigenvalue weighted by Gasteiger charge is -2.31. The van der Waals surface area contributed by atoms with Gasteiger partial charge in [-0.05, 0) is 32.1 Å². The first-order valence-corrected chi connectivity index (χ1v) is 8.40. The van der Waals surface area contributed by atoms with Crippen molar-refractivity contribution in [2.75, 3.05) is 12.0 Å². The van der Waals surface area contributed by atoms with Crippen molar-refractivity contribution in [3.05, 3.63) is 0 Å². The molecule has 0 spiro atoms. The quantitative estimate of drug-likeness (QED) is 0.779. The zero-order chi connectivity index (χ0) is 12.0. The highest BCUT2D eigenvalue weighted by molar-refractivity contribution is 7.84. The topological polar surface area (TPSA) is 29.1 Å². The molecule has 4 atom stereocenters. The summed E-state index contributed by atoms with van der Waals surface area (Å²) in [6.07, 6.45) is 9.62. The predicted molar refractivity (Wildman–Crippen MR) is 72.2 cm³/mol. The van der Waals surface area contributed by atoms with Crippen molar-refractivity contribution < 1.29 is 4.21 Å². The molecule has 0 heterocycles. The summed E-state index contributed by atoms with van der Waals surface area (Å²) in [6.45, 7) is 4.53. The fourth-order valence-electron chi connectivity index (χ4n) is 2.64. The first-order valence-electron chi connectivity index (χ1n) is 6.67. The van der Waals surface area contributed by atoms with E-state index in [1.165, 1.54) is 32.1 Å². The number of hydrogen-bond donors (Lipinski definition) is 1. The molecule has 16 heavy (non-hydrogen) atoms. The molecule has 0 radical (unpaired) electrons. The molecule has 0 aromatic heterocycles. The molecular weight excluding hydrogens is 218 g/mol. The van der Waals surface area contributed by atoms with Gasteiger partial charge < -0.3 is 5.32 Å². The Balaban J connectivity index is 2.22. The Morgan fingerprint density at radius 3 is 2.81 bits per heavy atom. The van der Waals surface area contributed by atoms with Crippen LogP contribution >= 0.6 is 0 Å². The molecule has 0 aromatic rings. The Hall–Kier alpha value is 0.110. The van der Waals surface area contributed by atoms with Gasteiger partial charge in [-0.2, -0.15) is 0 Å². The highest BCUT2D eigenvalue weighted by Gasteiger charge is 2.21. The highest BCUT2D eigenvalue weighted by Crippen LogP contribution is 2.26. The summed E-state index contributed by atoms with van der Waals surface area (Å²) in [6, 6.07) is 1.23. The van der Waals surface area contributed by atoms with Gasteiger partial charge in [0.1, 0.15) is 0 Å². The van der Waals surface area contributed by atoms with Crippen LogP contribution in [0.3, 0.4) is 0 Å². The molecule has 0 amide bonds. The van der Waals surface area contributed by atoms with Crippen molar-refractivity contribution in [2.45, 2.75) is 64.5 Å². The minimum absolute atomic E-state index is 0.518. The van der Waals surface area contributed by atoms with Crippen molar-refractivity contribution in [3.8, 4) is 0 Å². The van der Waals surface area contributed by atoms with Gasteiger partial charge in [0.15, 0.2) is 0 Å². The van der Waals surface area contributed by atoms with Crippen LogP contribution in [0.15, 0.2) is 0 Å². The molecule has 0 bridgehead atoms. The summed E-state index contributed by atoms with van der Waals surface area (Å²) in [5, 5.41) is 3.70. The fraction of sp³-hybridized carbons (Fsp3) is 1.00. The third-order valence-electron chi connectivity index (χ3n) is 3.72. The van der Waals surface area contributed by atoms with E-state index in [1.807, 2.05) is 0 Å². The highest BCUT2D eigenvalue weighted by atomic mass is 32.2. The van der Waals surface area contributed by atoms with Gasteiger partial charge in [0.05, 0.1) is 0 Å². The van der Waals surface area contributed by atoms with Gasteiger partial charge in [0.25, 0.3) is 0 Å². The van der Waals surface area contributed by atoms with E-state index in [1.54, 1.807) is 6.26 Å². The first kappa shape index (κ1) is 14.2. The Morgan fingerprint density at radius 1 is 1.44 bits per heavy atom. The van der Waals surface area contributed by atoms with Crippen molar-refractivity contribution in [1.82, 2.24) is 5.32 Å². The summed E-state index contributed by atoms with van der Waals surface area (Å²) in [5.41, 5.74) is 0. The fourth-order valence-corrected chi connectivity index (χ4v) is 3.33. The average molecular weight is 245 g/mol. The second kappa shape index (κ2) is 7.44. The minimum Gasteiger partial charge on any atom is -0.311 e. The average Bonchev–Trinajstić information content (AvgIpc) is 2.26. The molecule has 1 aliphatic rings. The van der Waals surface area contributed by atoms with E-state index in [2.05, 4.69) is 19.2 Å². The zero-order valence-electron chi connectivity index (χ0n) is 11.0. The third kappa shape index (κ3) is 5.44. The summed E-state index contributed by atoms with van der Waals surface area (Å²) in [7, 11) is -0.641. The van der Waals surface area contributed by atoms with Crippen molar-refractivity contribution in [1.29, 1.82) is 0 Å². The molecular formula is C13H27NOS. The van der Waals surface area contributed by atoms with Crippen LogP contribution in [0.25, 0.3) is 0 Å². The second-order valence-corrected chi connectivity index (χ2v) is 6.83. The Kier molecular flexibility index (Phi) is 6.59. The molecule has 96 valence electrons. The molecule has 4 unspecified atom stereocenters. The van der Waals surface area contributed by atoms with Gasteiger partial charge in [0.2, 0.25) is 0 Å². The molecule has 1 rings (SSSR count). The van der Waals surface area contributed by atoms with Crippen LogP contribution in [0.5, 0.6) is 0 Å². The SMILES string of the molecule is CCC1CCCC(NC(C)CCS(C)=O)C1. The summed E-state index contributed by atoms with van der Waals surface area (Å²) in [5.74, 6) is 1.76. The third-order valence-corrected chi connectivity index (χ3v) is 4.53. The monoisotopic (exact) mass is 245 g/mol. The lowest BCUT2D eigenvalue weighted by atomic mass is 9.84. The van der Waals surface area contributed by atoms with E-state index in [0.717, 1.165) is 18.1 Å². The maximum Gasteiger partial charge on any atom is 0.0246 e. The van der Waals surface area contributed by atoms with Crippen LogP contribution in [-0.4, -0.2) is 28.3 Å². The number of rotatable bonds is 6. The van der Waals surface area contributed by atoms with Crippen molar-refractivity contribution in [3.63, 3.8) is 0 Å². The van der Waals surface area contributed by atoms with Gasteiger partial charge >= 0.3 is 0 Å². The molecule has 0 aliphatic heterocycles. The standard InChI is InChI=1S/C13H27NOS/c1-4-12-6-5-7-13(10-12)14-11(2)8-9-16(3)15/h11-14H,4-10H2,1-3H3. The molecule has 3 heteroatoms. The van der Waals surface area contributed by atoms with Gasteiger partial charge in [-0.15, -0.1) is 0 Å². The molecule has 1 fully saturated rings. The van der Waals surface area contributed by atoms with E-state index in [4.69, 9.17) is 0 Å². The minimum atomic E-state index is -0.641. The molecule has 2 nitrogen and oxygen atoms in total. The zero-order valence-corrected chi connectivity index (χ0v) is 11.8. The molecule has 1 N–H and O–H groups in total. The van der Waals surface area contributed by atoms with E-state index in [-0.39, 0.29) is 0 Å². The molecule has 1 aliphatic carbocycles. The summed E-state index contributed by atoms with van der Waals surface area (Å²) < 4.78 is 11.0. The second-order valence-electron chi connectivity index (χ2n) is 5.27. The molecule has 0 aromatic carbocycles. The van der Waals surface area contributed by atoms with Gasteiger partial charge in [-0.3, -0.25) is 4.21 Å². The van der Waals surface area contributed by atoms with Crippen LogP contribution in [0.4, 0.5) is 0 Å². The van der Waals surface area contributed by atoms with Crippen LogP contribution in [0.1, 0.15) is 52.4 Å². The van der Waals surface area contributed by atoms with Gasteiger partial charge in [0, 0.05) is 34.9 Å². The van der Waals surface area contributed by atoms with E-state index in [0.29, 0.717) is 12.1 Å². The predicted octanol–water partition coefficient (Wildman–Crippen LogP) is 2.70. The summed E-state index contributed by atoms with van der Waals surface area (Å²) in [4.78, 5) is 0. The Labute approximate surface area is 103 Å². The maximum absolute atomic E-state index is 11.0. The van der Waals surface area contributed by atoms with Crippen molar-refractivity contribution in [2.24, 2.45) is 5.92 Å². The largest absolute Gasteiger partial charge is 0.311 e. The van der Waals surface area contributed by atoms with Crippen LogP contribution < -0.4 is 5.32 Å². The first-order chi connectivity index (χ1) is 7.61. The lowest BCUT2D eigenvalue weighted by molar-refractivity contribution is 0.264.